The minimum atomic E-state index is -4.57. The van der Waals surface area contributed by atoms with Crippen molar-refractivity contribution in [2.45, 2.75) is 30.7 Å². The summed E-state index contributed by atoms with van der Waals surface area (Å²) in [5.74, 6) is 0.312. The van der Waals surface area contributed by atoms with E-state index >= 15 is 0 Å². The van der Waals surface area contributed by atoms with E-state index in [9.17, 15) is 21.6 Å². The number of alkyl halides is 3. The molecule has 0 aliphatic rings. The van der Waals surface area contributed by atoms with Gasteiger partial charge in [0.1, 0.15) is 5.76 Å². The molecule has 9 heteroatoms. The van der Waals surface area contributed by atoms with Gasteiger partial charge in [-0.1, -0.05) is 0 Å². The Hall–Kier alpha value is -1.06. The van der Waals surface area contributed by atoms with Gasteiger partial charge in [-0.05, 0) is 19.1 Å². The molecule has 2 N–H and O–H groups in total. The fourth-order valence-corrected chi connectivity index (χ4v) is 2.46. The van der Waals surface area contributed by atoms with E-state index < -0.39 is 40.4 Å². The Morgan fingerprint density at radius 3 is 2.44 bits per heavy atom. The molecule has 0 radical (unpaired) electrons. The number of aliphatic hydroxyl groups excluding tert-OH is 1. The number of sulfonamides is 1. The van der Waals surface area contributed by atoms with Crippen LogP contribution in [0.4, 0.5) is 13.2 Å². The summed E-state index contributed by atoms with van der Waals surface area (Å²) in [6, 6.07) is 0.854. The fourth-order valence-electron chi connectivity index (χ4n) is 1.26. The number of hydrogen-bond donors (Lipinski definition) is 2. The Bertz CT molecular complexity index is 494. The molecule has 18 heavy (non-hydrogen) atoms. The van der Waals surface area contributed by atoms with E-state index in [0.29, 0.717) is 5.76 Å². The second kappa shape index (κ2) is 5.29. The third-order valence-electron chi connectivity index (χ3n) is 2.00. The highest BCUT2D eigenvalue weighted by Gasteiger charge is 2.34. The Labute approximate surface area is 102 Å². The van der Waals surface area contributed by atoms with Gasteiger partial charge in [0.25, 0.3) is 10.0 Å². The maximum Gasteiger partial charge on any atom is 0.390 e. The SMILES string of the molecule is Cc1ccc(S(=O)(=O)N[C@H](CO)CC(F)(F)F)o1. The molecule has 0 aromatic carbocycles. The summed E-state index contributed by atoms with van der Waals surface area (Å²) in [7, 11) is -4.20. The lowest BCUT2D eigenvalue weighted by Crippen LogP contribution is -2.40. The van der Waals surface area contributed by atoms with Crippen LogP contribution in [-0.4, -0.2) is 32.3 Å². The number of aryl methyl sites for hydroxylation is 1. The van der Waals surface area contributed by atoms with Gasteiger partial charge in [0.2, 0.25) is 5.09 Å². The Kier molecular flexibility index (Phi) is 4.41. The zero-order valence-corrected chi connectivity index (χ0v) is 10.2. The summed E-state index contributed by atoms with van der Waals surface area (Å²) < 4.78 is 66.1. The first-order valence-corrected chi connectivity index (χ1v) is 6.39. The second-order valence-electron chi connectivity index (χ2n) is 3.69. The molecule has 0 unspecified atom stereocenters. The van der Waals surface area contributed by atoms with Crippen LogP contribution in [0.2, 0.25) is 0 Å². The van der Waals surface area contributed by atoms with Crippen molar-refractivity contribution in [3.8, 4) is 0 Å². The minimum Gasteiger partial charge on any atom is -0.449 e. The second-order valence-corrected chi connectivity index (χ2v) is 5.33. The summed E-state index contributed by atoms with van der Waals surface area (Å²) in [6.45, 7) is 0.538. The van der Waals surface area contributed by atoms with Crippen LogP contribution in [0.5, 0.6) is 0 Å². The lowest BCUT2D eigenvalue weighted by Gasteiger charge is -2.16. The summed E-state index contributed by atoms with van der Waals surface area (Å²) >= 11 is 0. The molecule has 0 saturated heterocycles. The standard InChI is InChI=1S/C9H12F3NO4S/c1-6-2-3-8(17-6)18(15,16)13-7(5-14)4-9(10,11)12/h2-3,7,13-14H,4-5H2,1H3/t7-/m0/s1. The summed E-state index contributed by atoms with van der Waals surface area (Å²) in [5.41, 5.74) is 0. The first-order chi connectivity index (χ1) is 8.14. The van der Waals surface area contributed by atoms with Gasteiger partial charge in [0, 0.05) is 0 Å². The maximum absolute atomic E-state index is 12.1. The van der Waals surface area contributed by atoms with Gasteiger partial charge in [-0.2, -0.15) is 13.2 Å². The van der Waals surface area contributed by atoms with E-state index in [4.69, 9.17) is 9.52 Å². The summed E-state index contributed by atoms with van der Waals surface area (Å²) in [5, 5.41) is 8.26. The van der Waals surface area contributed by atoms with Crippen LogP contribution in [0.15, 0.2) is 21.6 Å². The Balaban J connectivity index is 2.81. The quantitative estimate of drug-likeness (QED) is 0.852. The highest BCUT2D eigenvalue weighted by Crippen LogP contribution is 2.22. The number of furan rings is 1. The van der Waals surface area contributed by atoms with Crippen LogP contribution >= 0.6 is 0 Å². The van der Waals surface area contributed by atoms with E-state index in [1.165, 1.54) is 13.0 Å². The Morgan fingerprint density at radius 1 is 1.44 bits per heavy atom. The number of aliphatic hydroxyl groups is 1. The van der Waals surface area contributed by atoms with E-state index in [1.54, 1.807) is 4.72 Å². The first-order valence-electron chi connectivity index (χ1n) is 4.90. The molecule has 0 saturated carbocycles. The highest BCUT2D eigenvalue weighted by atomic mass is 32.2. The molecule has 1 aromatic heterocycles. The number of halogens is 3. The topological polar surface area (TPSA) is 79.5 Å². The molecule has 0 amide bonds. The van der Waals surface area contributed by atoms with Crippen molar-refractivity contribution in [2.75, 3.05) is 6.61 Å². The van der Waals surface area contributed by atoms with E-state index in [1.807, 2.05) is 0 Å². The van der Waals surface area contributed by atoms with Crippen molar-refractivity contribution in [2.24, 2.45) is 0 Å². The molecule has 1 rings (SSSR count). The minimum absolute atomic E-state index is 0.312. The molecular formula is C9H12F3NO4S. The molecule has 1 heterocycles. The van der Waals surface area contributed by atoms with E-state index in [2.05, 4.69) is 0 Å². The van der Waals surface area contributed by atoms with Crippen LogP contribution in [0.25, 0.3) is 0 Å². The maximum atomic E-state index is 12.1. The van der Waals surface area contributed by atoms with Crippen LogP contribution < -0.4 is 4.72 Å². The summed E-state index contributed by atoms with van der Waals surface area (Å²) in [4.78, 5) is 0. The molecule has 0 fully saturated rings. The molecule has 0 aliphatic carbocycles. The van der Waals surface area contributed by atoms with E-state index in [-0.39, 0.29) is 0 Å². The van der Waals surface area contributed by atoms with Crippen molar-refractivity contribution < 1.29 is 31.1 Å². The zero-order valence-electron chi connectivity index (χ0n) is 9.36. The van der Waals surface area contributed by atoms with Crippen LogP contribution in [0.3, 0.4) is 0 Å². The van der Waals surface area contributed by atoms with Crippen molar-refractivity contribution in [3.63, 3.8) is 0 Å². The Morgan fingerprint density at radius 2 is 2.06 bits per heavy atom. The smallest absolute Gasteiger partial charge is 0.390 e. The molecule has 104 valence electrons. The molecule has 5 nitrogen and oxygen atoms in total. The van der Waals surface area contributed by atoms with Crippen molar-refractivity contribution in [1.82, 2.24) is 4.72 Å². The van der Waals surface area contributed by atoms with Gasteiger partial charge < -0.3 is 9.52 Å². The molecule has 1 aromatic rings. The van der Waals surface area contributed by atoms with Gasteiger partial charge in [-0.25, -0.2) is 13.1 Å². The first kappa shape index (κ1) is 15.0. The van der Waals surface area contributed by atoms with Gasteiger partial charge in [-0.3, -0.25) is 0 Å². The van der Waals surface area contributed by atoms with Crippen molar-refractivity contribution in [3.05, 3.63) is 17.9 Å². The molecular weight excluding hydrogens is 275 g/mol. The van der Waals surface area contributed by atoms with Gasteiger partial charge >= 0.3 is 6.18 Å². The largest absolute Gasteiger partial charge is 0.449 e. The van der Waals surface area contributed by atoms with Crippen LogP contribution in [-0.2, 0) is 10.0 Å². The average Bonchev–Trinajstić information content (AvgIpc) is 2.62. The van der Waals surface area contributed by atoms with Crippen molar-refractivity contribution in [1.29, 1.82) is 0 Å². The third kappa shape index (κ3) is 4.31. The average molecular weight is 287 g/mol. The van der Waals surface area contributed by atoms with E-state index in [0.717, 1.165) is 6.07 Å². The lowest BCUT2D eigenvalue weighted by molar-refractivity contribution is -0.140. The fraction of sp³-hybridized carbons (Fsp3) is 0.556. The zero-order chi connectivity index (χ0) is 14.0. The molecule has 0 spiro atoms. The lowest BCUT2D eigenvalue weighted by atomic mass is 10.2. The third-order valence-corrected chi connectivity index (χ3v) is 3.39. The monoisotopic (exact) mass is 287 g/mol. The number of nitrogens with one attached hydrogen (secondary N) is 1. The van der Waals surface area contributed by atoms with Gasteiger partial charge in [0.15, 0.2) is 0 Å². The summed E-state index contributed by atoms with van der Waals surface area (Å²) in [6.07, 6.45) is -6.03. The predicted octanol–water partition coefficient (Wildman–Crippen LogP) is 1.18. The molecule has 0 bridgehead atoms. The van der Waals surface area contributed by atoms with Crippen molar-refractivity contribution >= 4 is 10.0 Å². The molecule has 1 atom stereocenters. The number of rotatable bonds is 5. The molecule has 0 aliphatic heterocycles. The van der Waals surface area contributed by atoms with Crippen LogP contribution in [0.1, 0.15) is 12.2 Å². The van der Waals surface area contributed by atoms with Gasteiger partial charge in [-0.15, -0.1) is 0 Å². The number of hydrogen-bond acceptors (Lipinski definition) is 4. The predicted molar refractivity (Wildman–Crippen MR) is 55.3 cm³/mol. The van der Waals surface area contributed by atoms with Crippen LogP contribution in [0, 0.1) is 6.92 Å². The van der Waals surface area contributed by atoms with Gasteiger partial charge in [0.05, 0.1) is 19.1 Å². The highest BCUT2D eigenvalue weighted by molar-refractivity contribution is 7.89. The normalized spacial score (nSPS) is 14.7.